The molecule has 1 aromatic carbocycles. The van der Waals surface area contributed by atoms with Gasteiger partial charge in [-0.15, -0.1) is 0 Å². The molecule has 0 saturated heterocycles. The van der Waals surface area contributed by atoms with Crippen LogP contribution in [0.1, 0.15) is 11.3 Å². The Bertz CT molecular complexity index is 888. The Labute approximate surface area is 124 Å². The predicted octanol–water partition coefficient (Wildman–Crippen LogP) is 2.56. The number of hydrogen-bond acceptors (Lipinski definition) is 5. The van der Waals surface area contributed by atoms with Crippen molar-refractivity contribution in [3.8, 4) is 11.5 Å². The second-order valence-electron chi connectivity index (χ2n) is 4.93. The lowest BCUT2D eigenvalue weighted by molar-refractivity contribution is -0.391. The number of nitro groups is 1. The van der Waals surface area contributed by atoms with Crippen LogP contribution in [0.25, 0.3) is 5.65 Å². The van der Waals surface area contributed by atoms with Crippen molar-refractivity contribution in [3.63, 3.8) is 0 Å². The minimum absolute atomic E-state index is 0.00623. The average molecular weight is 297 g/mol. The number of fused-ring (bicyclic) bond motifs is 2. The largest absolute Gasteiger partial charge is 0.454 e. The molecule has 0 saturated carbocycles. The van der Waals surface area contributed by atoms with Gasteiger partial charge in [0, 0.05) is 12.5 Å². The maximum atomic E-state index is 11.4. The van der Waals surface area contributed by atoms with Crippen LogP contribution in [0.5, 0.6) is 11.5 Å². The number of pyridine rings is 1. The summed E-state index contributed by atoms with van der Waals surface area (Å²) in [5.41, 5.74) is 1.87. The topological polar surface area (TPSA) is 78.9 Å². The highest BCUT2D eigenvalue weighted by molar-refractivity contribution is 5.51. The van der Waals surface area contributed by atoms with E-state index >= 15 is 0 Å². The molecule has 2 aromatic heterocycles. The van der Waals surface area contributed by atoms with E-state index in [1.54, 1.807) is 30.5 Å². The minimum Gasteiger partial charge on any atom is -0.454 e. The molecule has 4 rings (SSSR count). The van der Waals surface area contributed by atoms with E-state index in [0.29, 0.717) is 29.3 Å². The molecule has 3 aromatic rings. The first-order valence-electron chi connectivity index (χ1n) is 6.71. The van der Waals surface area contributed by atoms with Gasteiger partial charge in [0.05, 0.1) is 6.20 Å². The molecule has 0 spiro atoms. The van der Waals surface area contributed by atoms with E-state index in [-0.39, 0.29) is 12.6 Å². The number of nitrogens with zero attached hydrogens (tertiary/aromatic N) is 3. The lowest BCUT2D eigenvalue weighted by atomic mass is 10.1. The third kappa shape index (κ3) is 1.95. The summed E-state index contributed by atoms with van der Waals surface area (Å²) in [5, 5.41) is 11.4. The van der Waals surface area contributed by atoms with Crippen LogP contribution in [0.4, 0.5) is 5.82 Å². The molecule has 0 N–H and O–H groups in total. The molecule has 0 aliphatic carbocycles. The van der Waals surface area contributed by atoms with Crippen molar-refractivity contribution in [3.05, 3.63) is 64.0 Å². The first kappa shape index (κ1) is 12.6. The second kappa shape index (κ2) is 4.73. The smallest absolute Gasteiger partial charge is 0.351 e. The fourth-order valence-electron chi connectivity index (χ4n) is 2.59. The normalized spacial score (nSPS) is 12.7. The van der Waals surface area contributed by atoms with E-state index in [0.717, 1.165) is 5.56 Å². The van der Waals surface area contributed by atoms with Crippen molar-refractivity contribution < 1.29 is 14.4 Å². The molecule has 22 heavy (non-hydrogen) atoms. The number of ether oxygens (including phenoxy) is 2. The Kier molecular flexibility index (Phi) is 2.72. The number of rotatable bonds is 3. The first-order chi connectivity index (χ1) is 10.7. The van der Waals surface area contributed by atoms with Crippen molar-refractivity contribution in [2.24, 2.45) is 0 Å². The van der Waals surface area contributed by atoms with Gasteiger partial charge in [0.25, 0.3) is 0 Å². The van der Waals surface area contributed by atoms with Gasteiger partial charge in [-0.05, 0) is 28.7 Å². The zero-order chi connectivity index (χ0) is 15.1. The maximum Gasteiger partial charge on any atom is 0.351 e. The summed E-state index contributed by atoms with van der Waals surface area (Å²) in [7, 11) is 0. The van der Waals surface area contributed by atoms with Crippen LogP contribution in [0.15, 0.2) is 42.6 Å². The highest BCUT2D eigenvalue weighted by Crippen LogP contribution is 2.33. The van der Waals surface area contributed by atoms with E-state index in [4.69, 9.17) is 9.47 Å². The number of aromatic nitrogens is 2. The Morgan fingerprint density at radius 3 is 2.95 bits per heavy atom. The van der Waals surface area contributed by atoms with Crippen LogP contribution in [0, 0.1) is 10.1 Å². The molecule has 0 amide bonds. The highest BCUT2D eigenvalue weighted by atomic mass is 16.7. The van der Waals surface area contributed by atoms with E-state index in [1.807, 2.05) is 12.1 Å². The Hall–Kier alpha value is -3.09. The maximum absolute atomic E-state index is 11.4. The van der Waals surface area contributed by atoms with Gasteiger partial charge in [-0.2, -0.15) is 4.40 Å². The van der Waals surface area contributed by atoms with Crippen LogP contribution in [-0.2, 0) is 6.42 Å². The quantitative estimate of drug-likeness (QED) is 0.548. The molecule has 0 unspecified atom stereocenters. The fourth-order valence-corrected chi connectivity index (χ4v) is 2.59. The molecule has 110 valence electrons. The summed E-state index contributed by atoms with van der Waals surface area (Å²) >= 11 is 0. The lowest BCUT2D eigenvalue weighted by Crippen LogP contribution is -1.98. The van der Waals surface area contributed by atoms with Crippen molar-refractivity contribution in [2.45, 2.75) is 6.42 Å². The third-order valence-corrected chi connectivity index (χ3v) is 3.56. The minimum atomic E-state index is -0.400. The molecule has 0 atom stereocenters. The summed E-state index contributed by atoms with van der Waals surface area (Å²) in [4.78, 5) is 15.3. The molecule has 0 fully saturated rings. The van der Waals surface area contributed by atoms with E-state index in [2.05, 4.69) is 4.98 Å². The fraction of sp³-hybridized carbons (Fsp3) is 0.133. The summed E-state index contributed by atoms with van der Waals surface area (Å²) in [6.45, 7) is 0.202. The monoisotopic (exact) mass is 297 g/mol. The van der Waals surface area contributed by atoms with Gasteiger partial charge in [0.2, 0.25) is 12.4 Å². The zero-order valence-electron chi connectivity index (χ0n) is 11.4. The molecule has 0 bridgehead atoms. The van der Waals surface area contributed by atoms with E-state index in [9.17, 15) is 10.1 Å². The van der Waals surface area contributed by atoms with Crippen LogP contribution in [0.2, 0.25) is 0 Å². The molecule has 0 radical (unpaired) electrons. The highest BCUT2D eigenvalue weighted by Gasteiger charge is 2.23. The van der Waals surface area contributed by atoms with Gasteiger partial charge in [0.1, 0.15) is 5.69 Å². The molecule has 7 heteroatoms. The van der Waals surface area contributed by atoms with Crippen LogP contribution in [0.3, 0.4) is 0 Å². The first-order valence-corrected chi connectivity index (χ1v) is 6.71. The average Bonchev–Trinajstić information content (AvgIpc) is 3.09. The van der Waals surface area contributed by atoms with Gasteiger partial charge in [0.15, 0.2) is 11.5 Å². The molecule has 1 aliphatic heterocycles. The molecule has 3 heterocycles. The predicted molar refractivity (Wildman–Crippen MR) is 77.2 cm³/mol. The second-order valence-corrected chi connectivity index (χ2v) is 4.93. The van der Waals surface area contributed by atoms with Gasteiger partial charge in [-0.25, -0.2) is 4.98 Å². The standard InChI is InChI=1S/C15H11N3O4/c19-18(20)15-11(16-14-3-1-2-6-17(14)15)7-10-4-5-12-13(8-10)22-9-21-12/h1-6,8H,7,9H2. The lowest BCUT2D eigenvalue weighted by Gasteiger charge is -2.01. The van der Waals surface area contributed by atoms with Crippen molar-refractivity contribution in [1.29, 1.82) is 0 Å². The summed E-state index contributed by atoms with van der Waals surface area (Å²) in [6, 6.07) is 10.8. The summed E-state index contributed by atoms with van der Waals surface area (Å²) < 4.78 is 12.1. The Morgan fingerprint density at radius 1 is 1.23 bits per heavy atom. The number of benzene rings is 1. The van der Waals surface area contributed by atoms with Gasteiger partial charge >= 0.3 is 5.82 Å². The van der Waals surface area contributed by atoms with Crippen LogP contribution < -0.4 is 9.47 Å². The van der Waals surface area contributed by atoms with Gasteiger partial charge in [-0.1, -0.05) is 12.1 Å². The van der Waals surface area contributed by atoms with Crippen molar-refractivity contribution >= 4 is 11.5 Å². The number of imidazole rings is 1. The molecule has 7 nitrogen and oxygen atoms in total. The molecular formula is C15H11N3O4. The SMILES string of the molecule is O=[N+]([O-])c1c(Cc2ccc3c(c2)OCO3)nc2ccccn12. The number of hydrogen-bond donors (Lipinski definition) is 0. The molecular weight excluding hydrogens is 286 g/mol. The van der Waals surface area contributed by atoms with Crippen molar-refractivity contribution in [1.82, 2.24) is 9.38 Å². The van der Waals surface area contributed by atoms with Crippen LogP contribution in [-0.4, -0.2) is 21.1 Å². The summed E-state index contributed by atoms with van der Waals surface area (Å²) in [6.07, 6.45) is 2.00. The van der Waals surface area contributed by atoms with Crippen LogP contribution >= 0.6 is 0 Å². The van der Waals surface area contributed by atoms with Gasteiger partial charge < -0.3 is 19.6 Å². The van der Waals surface area contributed by atoms with E-state index < -0.39 is 4.92 Å². The van der Waals surface area contributed by atoms with E-state index in [1.165, 1.54) is 4.40 Å². The Morgan fingerprint density at radius 2 is 2.09 bits per heavy atom. The molecule has 1 aliphatic rings. The van der Waals surface area contributed by atoms with Gasteiger partial charge in [-0.3, -0.25) is 0 Å². The third-order valence-electron chi connectivity index (χ3n) is 3.56. The Balaban J connectivity index is 1.78. The zero-order valence-corrected chi connectivity index (χ0v) is 11.4. The summed E-state index contributed by atoms with van der Waals surface area (Å²) in [5.74, 6) is 1.34. The van der Waals surface area contributed by atoms with Crippen molar-refractivity contribution in [2.75, 3.05) is 6.79 Å².